The number of hydrogen-bond acceptors (Lipinski definition) is 3. The fourth-order valence-corrected chi connectivity index (χ4v) is 1.76. The van der Waals surface area contributed by atoms with Crippen LogP contribution >= 0.6 is 0 Å². The normalized spacial score (nSPS) is 12.3. The number of aromatic nitrogens is 1. The molecule has 2 rings (SSSR count). The van der Waals surface area contributed by atoms with Crippen molar-refractivity contribution >= 4 is 5.69 Å². The summed E-state index contributed by atoms with van der Waals surface area (Å²) in [5.74, 6) is -0.105. The van der Waals surface area contributed by atoms with Crippen LogP contribution in [0.3, 0.4) is 0 Å². The van der Waals surface area contributed by atoms with Gasteiger partial charge in [0.1, 0.15) is 11.4 Å². The molecule has 2 N–H and O–H groups in total. The van der Waals surface area contributed by atoms with E-state index in [1.807, 2.05) is 0 Å². The number of nitrogen functional groups attached to an aromatic ring is 1. The molecule has 0 aliphatic heterocycles. The fraction of sp³-hybridized carbons (Fsp3) is 0.214. The van der Waals surface area contributed by atoms with E-state index >= 15 is 0 Å². The molecule has 0 unspecified atom stereocenters. The Morgan fingerprint density at radius 3 is 2.22 bits per heavy atom. The molecule has 1 aromatic heterocycles. The number of alkyl halides is 6. The van der Waals surface area contributed by atoms with Crippen molar-refractivity contribution in [3.05, 3.63) is 42.2 Å². The van der Waals surface area contributed by atoms with E-state index in [0.29, 0.717) is 0 Å². The Morgan fingerprint density at radius 2 is 1.70 bits per heavy atom. The first kappa shape index (κ1) is 16.9. The highest BCUT2D eigenvalue weighted by molar-refractivity contribution is 5.77. The van der Waals surface area contributed by atoms with Gasteiger partial charge in [0.2, 0.25) is 0 Å². The largest absolute Gasteiger partial charge is 0.484 e. The van der Waals surface area contributed by atoms with Crippen molar-refractivity contribution in [2.24, 2.45) is 0 Å². The third-order valence-electron chi connectivity index (χ3n) is 2.79. The van der Waals surface area contributed by atoms with Gasteiger partial charge in [0.15, 0.2) is 6.61 Å². The van der Waals surface area contributed by atoms with Crippen LogP contribution in [0.15, 0.2) is 36.5 Å². The van der Waals surface area contributed by atoms with Gasteiger partial charge in [-0.2, -0.15) is 26.3 Å². The van der Waals surface area contributed by atoms with Gasteiger partial charge in [-0.15, -0.1) is 0 Å². The summed E-state index contributed by atoms with van der Waals surface area (Å²) < 4.78 is 78.4. The van der Waals surface area contributed by atoms with E-state index < -0.39 is 24.7 Å². The van der Waals surface area contributed by atoms with E-state index in [9.17, 15) is 26.3 Å². The zero-order chi connectivity index (χ0) is 17.3. The average molecular weight is 336 g/mol. The maximum atomic E-state index is 12.5. The second kappa shape index (κ2) is 5.98. The molecule has 0 bridgehead atoms. The molecular formula is C14H10F6N2O. The number of benzene rings is 1. The Kier molecular flexibility index (Phi) is 4.39. The molecule has 0 fully saturated rings. The standard InChI is InChI=1S/C14H10F6N2O/c15-13(16,17)7-23-9-2-3-11(21)10(5-9)8-1-4-12(22-6-8)14(18,19)20/h1-6H,7,21H2. The lowest BCUT2D eigenvalue weighted by atomic mass is 10.0. The van der Waals surface area contributed by atoms with Crippen molar-refractivity contribution in [1.82, 2.24) is 4.98 Å². The molecule has 0 atom stereocenters. The van der Waals surface area contributed by atoms with E-state index in [1.54, 1.807) is 0 Å². The number of anilines is 1. The van der Waals surface area contributed by atoms with Crippen LogP contribution in [0, 0.1) is 0 Å². The van der Waals surface area contributed by atoms with Crippen LogP contribution in [0.25, 0.3) is 11.1 Å². The molecule has 2 aromatic rings. The Balaban J connectivity index is 2.28. The summed E-state index contributed by atoms with van der Waals surface area (Å²) >= 11 is 0. The number of halogens is 6. The number of hydrogen-bond donors (Lipinski definition) is 1. The second-order valence-electron chi connectivity index (χ2n) is 4.58. The highest BCUT2D eigenvalue weighted by atomic mass is 19.4. The smallest absolute Gasteiger partial charge is 0.433 e. The number of nitrogens with two attached hydrogens (primary N) is 1. The first-order valence-electron chi connectivity index (χ1n) is 6.19. The van der Waals surface area contributed by atoms with Crippen molar-refractivity contribution in [2.45, 2.75) is 12.4 Å². The van der Waals surface area contributed by atoms with Crippen LogP contribution in [0.4, 0.5) is 32.0 Å². The van der Waals surface area contributed by atoms with Crippen LogP contribution in [0.5, 0.6) is 5.75 Å². The van der Waals surface area contributed by atoms with Crippen molar-refractivity contribution in [1.29, 1.82) is 0 Å². The van der Waals surface area contributed by atoms with E-state index in [1.165, 1.54) is 18.2 Å². The Hall–Kier alpha value is -2.45. The zero-order valence-corrected chi connectivity index (χ0v) is 11.4. The van der Waals surface area contributed by atoms with Gasteiger partial charge in [0.05, 0.1) is 0 Å². The molecule has 1 heterocycles. The maximum Gasteiger partial charge on any atom is 0.433 e. The summed E-state index contributed by atoms with van der Waals surface area (Å²) in [6.45, 7) is -1.48. The van der Waals surface area contributed by atoms with Crippen molar-refractivity contribution in [2.75, 3.05) is 12.3 Å². The van der Waals surface area contributed by atoms with Gasteiger partial charge in [0, 0.05) is 23.0 Å². The molecule has 0 aliphatic carbocycles. The van der Waals surface area contributed by atoms with E-state index in [2.05, 4.69) is 9.72 Å². The SMILES string of the molecule is Nc1ccc(OCC(F)(F)F)cc1-c1ccc(C(F)(F)F)nc1. The number of pyridine rings is 1. The molecule has 0 saturated heterocycles. The summed E-state index contributed by atoms with van der Waals surface area (Å²) in [4.78, 5) is 3.28. The number of rotatable bonds is 3. The van der Waals surface area contributed by atoms with E-state index in [-0.39, 0.29) is 22.6 Å². The molecule has 0 radical (unpaired) electrons. The summed E-state index contributed by atoms with van der Waals surface area (Å²) in [5.41, 5.74) is 5.25. The van der Waals surface area contributed by atoms with Crippen molar-refractivity contribution in [3.8, 4) is 16.9 Å². The molecule has 23 heavy (non-hydrogen) atoms. The monoisotopic (exact) mass is 336 g/mol. The number of ether oxygens (including phenoxy) is 1. The van der Waals surface area contributed by atoms with Crippen LogP contribution < -0.4 is 10.5 Å². The molecule has 1 aromatic carbocycles. The lowest BCUT2D eigenvalue weighted by Crippen LogP contribution is -2.19. The highest BCUT2D eigenvalue weighted by Gasteiger charge is 2.32. The van der Waals surface area contributed by atoms with Crippen molar-refractivity contribution < 1.29 is 31.1 Å². The lowest BCUT2D eigenvalue weighted by molar-refractivity contribution is -0.153. The van der Waals surface area contributed by atoms with Crippen LogP contribution in [-0.2, 0) is 6.18 Å². The van der Waals surface area contributed by atoms with Gasteiger partial charge >= 0.3 is 12.4 Å². The van der Waals surface area contributed by atoms with Crippen LogP contribution in [0.1, 0.15) is 5.69 Å². The number of nitrogens with zero attached hydrogens (tertiary/aromatic N) is 1. The molecule has 0 amide bonds. The zero-order valence-electron chi connectivity index (χ0n) is 11.4. The minimum atomic E-state index is -4.58. The third-order valence-corrected chi connectivity index (χ3v) is 2.79. The van der Waals surface area contributed by atoms with Gasteiger partial charge < -0.3 is 10.5 Å². The third kappa shape index (κ3) is 4.51. The van der Waals surface area contributed by atoms with Gasteiger partial charge in [0.25, 0.3) is 0 Å². The molecule has 124 valence electrons. The lowest BCUT2D eigenvalue weighted by Gasteiger charge is -2.12. The van der Waals surface area contributed by atoms with Gasteiger partial charge in [-0.25, -0.2) is 0 Å². The van der Waals surface area contributed by atoms with Gasteiger partial charge in [-0.3, -0.25) is 4.98 Å². The van der Waals surface area contributed by atoms with E-state index in [0.717, 1.165) is 18.3 Å². The first-order chi connectivity index (χ1) is 10.6. The Labute approximate surface area is 126 Å². The average Bonchev–Trinajstić information content (AvgIpc) is 2.45. The second-order valence-corrected chi connectivity index (χ2v) is 4.58. The molecule has 9 heteroatoms. The summed E-state index contributed by atoms with van der Waals surface area (Å²) in [6.07, 6.45) is -8.14. The quantitative estimate of drug-likeness (QED) is 0.672. The predicted octanol–water partition coefficient (Wildman–Crippen LogP) is 4.29. The van der Waals surface area contributed by atoms with Crippen LogP contribution in [-0.4, -0.2) is 17.8 Å². The molecule has 0 saturated carbocycles. The van der Waals surface area contributed by atoms with Crippen LogP contribution in [0.2, 0.25) is 0 Å². The first-order valence-corrected chi connectivity index (χ1v) is 6.19. The van der Waals surface area contributed by atoms with E-state index in [4.69, 9.17) is 5.73 Å². The summed E-state index contributed by atoms with van der Waals surface area (Å²) in [5, 5.41) is 0. The van der Waals surface area contributed by atoms with Gasteiger partial charge in [-0.1, -0.05) is 6.07 Å². The maximum absolute atomic E-state index is 12.5. The minimum Gasteiger partial charge on any atom is -0.484 e. The summed E-state index contributed by atoms with van der Waals surface area (Å²) in [6, 6.07) is 5.65. The molecule has 0 aliphatic rings. The highest BCUT2D eigenvalue weighted by Crippen LogP contribution is 2.33. The molecule has 0 spiro atoms. The topological polar surface area (TPSA) is 48.1 Å². The van der Waals surface area contributed by atoms with Gasteiger partial charge in [-0.05, 0) is 24.3 Å². The Morgan fingerprint density at radius 1 is 1.00 bits per heavy atom. The molecular weight excluding hydrogens is 326 g/mol. The molecule has 3 nitrogen and oxygen atoms in total. The summed E-state index contributed by atoms with van der Waals surface area (Å²) in [7, 11) is 0. The Bertz CT molecular complexity index is 679. The predicted molar refractivity (Wildman–Crippen MR) is 70.6 cm³/mol. The minimum absolute atomic E-state index is 0.105. The fourth-order valence-electron chi connectivity index (χ4n) is 1.76. The van der Waals surface area contributed by atoms with Crippen molar-refractivity contribution in [3.63, 3.8) is 0 Å².